The van der Waals surface area contributed by atoms with Crippen LogP contribution in [0.4, 0.5) is 0 Å². The lowest BCUT2D eigenvalue weighted by atomic mass is 9.31. The summed E-state index contributed by atoms with van der Waals surface area (Å²) in [6, 6.07) is 0. The van der Waals surface area contributed by atoms with Crippen LogP contribution in [0.5, 0.6) is 0 Å². The first kappa shape index (κ1) is 24.8. The smallest absolute Gasteiger partial charge is 0.310 e. The summed E-state index contributed by atoms with van der Waals surface area (Å²) in [5.41, 5.74) is -1.71. The molecule has 5 aliphatic rings. The molecule has 5 aliphatic carbocycles. The molecule has 34 heavy (non-hydrogen) atoms. The van der Waals surface area contributed by atoms with Gasteiger partial charge in [0, 0.05) is 17.8 Å². The van der Waals surface area contributed by atoms with E-state index >= 15 is 0 Å². The van der Waals surface area contributed by atoms with Gasteiger partial charge in [-0.15, -0.1) is 0 Å². The molecule has 0 spiro atoms. The second kappa shape index (κ2) is 7.11. The summed E-state index contributed by atoms with van der Waals surface area (Å²) in [6.07, 6.45) is 9.15. The first-order chi connectivity index (χ1) is 15.6. The fourth-order valence-electron chi connectivity index (χ4n) is 11.5. The fourth-order valence-corrected chi connectivity index (χ4v) is 11.5. The number of aliphatic hydroxyl groups is 1. The molecular weight excluding hydrogens is 424 g/mol. The summed E-state index contributed by atoms with van der Waals surface area (Å²) in [4.78, 5) is 25.8. The molecule has 2 N–H and O–H groups in total. The Morgan fingerprint density at radius 2 is 1.50 bits per heavy atom. The van der Waals surface area contributed by atoms with Crippen molar-refractivity contribution in [3.63, 3.8) is 0 Å². The zero-order chi connectivity index (χ0) is 25.1. The summed E-state index contributed by atoms with van der Waals surface area (Å²) >= 11 is 0. The lowest BCUT2D eigenvalue weighted by molar-refractivity contribution is -0.270. The number of rotatable bonds is 1. The van der Waals surface area contributed by atoms with Crippen LogP contribution >= 0.6 is 0 Å². The maximum atomic E-state index is 12.9. The second-order valence-electron chi connectivity index (χ2n) is 14.9. The van der Waals surface area contributed by atoms with E-state index in [0.29, 0.717) is 36.9 Å². The number of fused-ring (bicyclic) bond motifs is 7. The Morgan fingerprint density at radius 1 is 0.824 bits per heavy atom. The third-order valence-electron chi connectivity index (χ3n) is 13.8. The first-order valence-electron chi connectivity index (χ1n) is 14.1. The van der Waals surface area contributed by atoms with Crippen LogP contribution in [0.25, 0.3) is 0 Å². The first-order valence-corrected chi connectivity index (χ1v) is 14.1. The van der Waals surface area contributed by atoms with Crippen molar-refractivity contribution in [2.24, 2.45) is 56.7 Å². The molecule has 5 saturated carbocycles. The summed E-state index contributed by atoms with van der Waals surface area (Å²) in [7, 11) is 0. The second-order valence-corrected chi connectivity index (χ2v) is 14.9. The molecule has 0 aliphatic heterocycles. The highest BCUT2D eigenvalue weighted by Gasteiger charge is 2.73. The molecule has 0 saturated heterocycles. The number of carboxylic acids is 1. The summed E-state index contributed by atoms with van der Waals surface area (Å²) in [5.74, 6) is 0.908. The number of ketones is 1. The SMILES string of the molecule is C[C@@H]1CC[C@]2(C(=O)O)CC[C@]3(C)[C@H](CC[C@@H]4[C@@]5(C)CCC(=O)C(C)(C)C5CC[C@]43C)[C@@H]2[C@]1(C)O. The molecule has 0 heterocycles. The van der Waals surface area contributed by atoms with Gasteiger partial charge in [0.1, 0.15) is 5.78 Å². The van der Waals surface area contributed by atoms with Crippen molar-refractivity contribution >= 4 is 11.8 Å². The van der Waals surface area contributed by atoms with Crippen LogP contribution < -0.4 is 0 Å². The molecule has 0 radical (unpaired) electrons. The Hall–Kier alpha value is -0.900. The molecule has 0 bridgehead atoms. The van der Waals surface area contributed by atoms with E-state index in [1.165, 1.54) is 0 Å². The van der Waals surface area contributed by atoms with Gasteiger partial charge < -0.3 is 10.2 Å². The number of carbonyl (C=O) groups is 2. The van der Waals surface area contributed by atoms with E-state index in [0.717, 1.165) is 44.9 Å². The normalized spacial score (nSPS) is 56.5. The maximum Gasteiger partial charge on any atom is 0.310 e. The van der Waals surface area contributed by atoms with Gasteiger partial charge in [0.15, 0.2) is 0 Å². The summed E-state index contributed by atoms with van der Waals surface area (Å²) in [6.45, 7) is 15.9. The molecule has 1 unspecified atom stereocenters. The number of carboxylic acid groups (broad SMARTS) is 1. The maximum absolute atomic E-state index is 12.9. The molecule has 0 aromatic heterocycles. The van der Waals surface area contributed by atoms with Gasteiger partial charge in [0.2, 0.25) is 0 Å². The van der Waals surface area contributed by atoms with Crippen molar-refractivity contribution in [3.05, 3.63) is 0 Å². The van der Waals surface area contributed by atoms with E-state index in [1.807, 2.05) is 6.92 Å². The van der Waals surface area contributed by atoms with Crippen LogP contribution in [0.2, 0.25) is 0 Å². The molecular formula is C30H48O4. The fraction of sp³-hybridized carbons (Fsp3) is 0.933. The number of carbonyl (C=O) groups excluding carboxylic acids is 1. The topological polar surface area (TPSA) is 74.6 Å². The Morgan fingerprint density at radius 3 is 2.15 bits per heavy atom. The van der Waals surface area contributed by atoms with Crippen LogP contribution in [-0.2, 0) is 9.59 Å². The molecule has 0 amide bonds. The van der Waals surface area contributed by atoms with Crippen molar-refractivity contribution in [2.75, 3.05) is 0 Å². The van der Waals surface area contributed by atoms with E-state index < -0.39 is 17.0 Å². The number of hydrogen-bond acceptors (Lipinski definition) is 3. The molecule has 4 nitrogen and oxygen atoms in total. The number of Topliss-reactive ketones (excluding diaryl/α,β-unsaturated/α-hetero) is 1. The van der Waals surface area contributed by atoms with Crippen LogP contribution in [0.3, 0.4) is 0 Å². The Balaban J connectivity index is 1.59. The van der Waals surface area contributed by atoms with Crippen molar-refractivity contribution in [1.82, 2.24) is 0 Å². The average Bonchev–Trinajstić information content (AvgIpc) is 2.74. The predicted molar refractivity (Wildman–Crippen MR) is 133 cm³/mol. The van der Waals surface area contributed by atoms with E-state index in [-0.39, 0.29) is 39.4 Å². The predicted octanol–water partition coefficient (Wildman–Crippen LogP) is 6.49. The van der Waals surface area contributed by atoms with Gasteiger partial charge in [-0.3, -0.25) is 9.59 Å². The van der Waals surface area contributed by atoms with Crippen LogP contribution in [0.15, 0.2) is 0 Å². The van der Waals surface area contributed by atoms with E-state index in [4.69, 9.17) is 0 Å². The lowest BCUT2D eigenvalue weighted by Gasteiger charge is -2.73. The van der Waals surface area contributed by atoms with Crippen molar-refractivity contribution < 1.29 is 19.8 Å². The molecule has 5 fully saturated rings. The lowest BCUT2D eigenvalue weighted by Crippen LogP contribution is -2.70. The van der Waals surface area contributed by atoms with Gasteiger partial charge in [-0.2, -0.15) is 0 Å². The van der Waals surface area contributed by atoms with E-state index in [2.05, 4.69) is 41.5 Å². The highest BCUT2D eigenvalue weighted by Crippen LogP contribution is 2.77. The largest absolute Gasteiger partial charge is 0.481 e. The quantitative estimate of drug-likeness (QED) is 0.457. The zero-order valence-corrected chi connectivity index (χ0v) is 22.7. The van der Waals surface area contributed by atoms with Gasteiger partial charge >= 0.3 is 5.97 Å². The van der Waals surface area contributed by atoms with E-state index in [1.54, 1.807) is 0 Å². The molecule has 192 valence electrons. The van der Waals surface area contributed by atoms with Crippen LogP contribution in [0.1, 0.15) is 113 Å². The van der Waals surface area contributed by atoms with E-state index in [9.17, 15) is 19.8 Å². The minimum absolute atomic E-state index is 0.0140. The molecule has 4 heteroatoms. The van der Waals surface area contributed by atoms with Crippen molar-refractivity contribution in [1.29, 1.82) is 0 Å². The molecule has 5 rings (SSSR count). The van der Waals surface area contributed by atoms with Crippen LogP contribution in [-0.4, -0.2) is 27.6 Å². The Bertz CT molecular complexity index is 905. The molecule has 10 atom stereocenters. The monoisotopic (exact) mass is 472 g/mol. The Labute approximate surface area is 206 Å². The van der Waals surface area contributed by atoms with Crippen molar-refractivity contribution in [3.8, 4) is 0 Å². The number of hydrogen-bond donors (Lipinski definition) is 2. The highest BCUT2D eigenvalue weighted by molar-refractivity contribution is 5.85. The van der Waals surface area contributed by atoms with Gasteiger partial charge in [0.25, 0.3) is 0 Å². The summed E-state index contributed by atoms with van der Waals surface area (Å²) in [5, 5.41) is 22.5. The average molecular weight is 473 g/mol. The molecule has 0 aromatic carbocycles. The third kappa shape index (κ3) is 2.70. The van der Waals surface area contributed by atoms with Crippen LogP contribution in [0, 0.1) is 56.7 Å². The van der Waals surface area contributed by atoms with Gasteiger partial charge in [-0.1, -0.05) is 41.5 Å². The minimum Gasteiger partial charge on any atom is -0.481 e. The number of aliphatic carboxylic acids is 1. The highest BCUT2D eigenvalue weighted by atomic mass is 16.4. The zero-order valence-electron chi connectivity index (χ0n) is 22.7. The van der Waals surface area contributed by atoms with Gasteiger partial charge in [-0.05, 0) is 105 Å². The Kier molecular flexibility index (Phi) is 5.18. The third-order valence-corrected chi connectivity index (χ3v) is 13.8. The van der Waals surface area contributed by atoms with Gasteiger partial charge in [-0.25, -0.2) is 0 Å². The van der Waals surface area contributed by atoms with Crippen molar-refractivity contribution in [2.45, 2.75) is 118 Å². The standard InChI is InChI=1S/C30H48O4/c1-18-10-15-30(24(32)33)17-16-27(5)19(23(30)29(18,7)34)8-9-21-26(4)13-12-22(31)25(2,3)20(26)11-14-28(21,27)6/h18-21,23,34H,8-17H2,1-7H3,(H,32,33)/t18-,19-,20?,21-,23-,26+,27-,28-,29-,30+/m1/s1. The summed E-state index contributed by atoms with van der Waals surface area (Å²) < 4.78 is 0. The molecule has 0 aromatic rings. The van der Waals surface area contributed by atoms with Gasteiger partial charge in [0.05, 0.1) is 11.0 Å². The minimum atomic E-state index is -0.952.